The van der Waals surface area contributed by atoms with E-state index in [1.54, 1.807) is 11.3 Å². The van der Waals surface area contributed by atoms with Crippen LogP contribution >= 0.6 is 27.3 Å². The van der Waals surface area contributed by atoms with Crippen molar-refractivity contribution in [3.8, 4) is 0 Å². The summed E-state index contributed by atoms with van der Waals surface area (Å²) in [4.78, 5) is 15.0. The molecule has 94 valence electrons. The van der Waals surface area contributed by atoms with E-state index in [9.17, 15) is 4.79 Å². The van der Waals surface area contributed by atoms with Gasteiger partial charge in [0.1, 0.15) is 6.04 Å². The first-order chi connectivity index (χ1) is 8.22. The molecule has 17 heavy (non-hydrogen) atoms. The van der Waals surface area contributed by atoms with Crippen LogP contribution in [0.1, 0.15) is 10.9 Å². The Morgan fingerprint density at radius 2 is 2.24 bits per heavy atom. The van der Waals surface area contributed by atoms with Crippen LogP contribution in [0.15, 0.2) is 15.9 Å². The quantitative estimate of drug-likeness (QED) is 0.799. The van der Waals surface area contributed by atoms with Gasteiger partial charge in [-0.3, -0.25) is 4.90 Å². The van der Waals surface area contributed by atoms with E-state index in [1.807, 2.05) is 12.1 Å². The standard InChI is InChI=1S/C11H14BrNO3S/c1-15-11(14)10(8-2-3-9(12)17-8)13-4-6-16-7-5-13/h2-3,10H,4-7H2,1H3. The number of rotatable bonds is 3. The fourth-order valence-corrected chi connectivity index (χ4v) is 3.41. The molecule has 0 amide bonds. The Labute approximate surface area is 113 Å². The predicted octanol–water partition coefficient (Wildman–Crippen LogP) is 2.06. The number of nitrogens with zero attached hydrogens (tertiary/aromatic N) is 1. The van der Waals surface area contributed by atoms with Crippen LogP contribution < -0.4 is 0 Å². The Kier molecular flexibility index (Phi) is 4.55. The van der Waals surface area contributed by atoms with E-state index < -0.39 is 0 Å². The van der Waals surface area contributed by atoms with Gasteiger partial charge in [0.25, 0.3) is 0 Å². The number of methoxy groups -OCH3 is 1. The lowest BCUT2D eigenvalue weighted by atomic mass is 10.2. The molecule has 1 saturated heterocycles. The Morgan fingerprint density at radius 1 is 1.53 bits per heavy atom. The van der Waals surface area contributed by atoms with Gasteiger partial charge < -0.3 is 9.47 Å². The number of esters is 1. The SMILES string of the molecule is COC(=O)C(c1ccc(Br)s1)N1CCOCC1. The highest BCUT2D eigenvalue weighted by atomic mass is 79.9. The first-order valence-electron chi connectivity index (χ1n) is 5.37. The minimum atomic E-state index is -0.305. The van der Waals surface area contributed by atoms with E-state index in [4.69, 9.17) is 9.47 Å². The minimum absolute atomic E-state index is 0.207. The van der Waals surface area contributed by atoms with Crippen molar-refractivity contribution >= 4 is 33.2 Å². The molecule has 0 aromatic carbocycles. The molecule has 1 aliphatic rings. The summed E-state index contributed by atoms with van der Waals surface area (Å²) in [6.45, 7) is 2.85. The number of halogens is 1. The molecule has 1 aromatic rings. The largest absolute Gasteiger partial charge is 0.468 e. The van der Waals surface area contributed by atoms with Crippen LogP contribution in [0.3, 0.4) is 0 Å². The van der Waals surface area contributed by atoms with Gasteiger partial charge in [-0.05, 0) is 28.1 Å². The van der Waals surface area contributed by atoms with Gasteiger partial charge in [0.2, 0.25) is 0 Å². The highest BCUT2D eigenvalue weighted by Crippen LogP contribution is 2.32. The lowest BCUT2D eigenvalue weighted by molar-refractivity contribution is -0.149. The smallest absolute Gasteiger partial charge is 0.328 e. The molecule has 0 N–H and O–H groups in total. The number of hydrogen-bond acceptors (Lipinski definition) is 5. The van der Waals surface area contributed by atoms with Gasteiger partial charge in [0.15, 0.2) is 0 Å². The van der Waals surface area contributed by atoms with Gasteiger partial charge in [-0.25, -0.2) is 4.79 Å². The number of carbonyl (C=O) groups excluding carboxylic acids is 1. The Bertz CT molecular complexity index is 390. The molecule has 1 aromatic heterocycles. The maximum absolute atomic E-state index is 11.9. The van der Waals surface area contributed by atoms with Gasteiger partial charge in [0, 0.05) is 18.0 Å². The lowest BCUT2D eigenvalue weighted by Crippen LogP contribution is -2.42. The summed E-state index contributed by atoms with van der Waals surface area (Å²) in [5.74, 6) is -0.207. The zero-order valence-corrected chi connectivity index (χ0v) is 11.9. The topological polar surface area (TPSA) is 38.8 Å². The van der Waals surface area contributed by atoms with Crippen molar-refractivity contribution in [2.45, 2.75) is 6.04 Å². The van der Waals surface area contributed by atoms with Crippen molar-refractivity contribution in [2.24, 2.45) is 0 Å². The minimum Gasteiger partial charge on any atom is -0.468 e. The maximum Gasteiger partial charge on any atom is 0.328 e. The van der Waals surface area contributed by atoms with Crippen LogP contribution in [0.4, 0.5) is 0 Å². The van der Waals surface area contributed by atoms with Crippen molar-refractivity contribution in [3.05, 3.63) is 20.8 Å². The number of hydrogen-bond donors (Lipinski definition) is 0. The monoisotopic (exact) mass is 319 g/mol. The van der Waals surface area contributed by atoms with E-state index in [-0.39, 0.29) is 12.0 Å². The average molecular weight is 320 g/mol. The van der Waals surface area contributed by atoms with Crippen LogP contribution in [-0.4, -0.2) is 44.3 Å². The fourth-order valence-electron chi connectivity index (χ4n) is 1.87. The number of ether oxygens (including phenoxy) is 2. The molecule has 2 rings (SSSR count). The molecule has 1 aliphatic heterocycles. The third-order valence-electron chi connectivity index (χ3n) is 2.70. The Balaban J connectivity index is 2.21. The third kappa shape index (κ3) is 3.07. The molecule has 1 atom stereocenters. The second kappa shape index (κ2) is 5.95. The number of thiophene rings is 1. The summed E-state index contributed by atoms with van der Waals surface area (Å²) in [5.41, 5.74) is 0. The molecular weight excluding hydrogens is 306 g/mol. The highest BCUT2D eigenvalue weighted by Gasteiger charge is 2.30. The summed E-state index contributed by atoms with van der Waals surface area (Å²) >= 11 is 4.99. The van der Waals surface area contributed by atoms with Crippen LogP contribution in [0.5, 0.6) is 0 Å². The second-order valence-electron chi connectivity index (χ2n) is 3.72. The van der Waals surface area contributed by atoms with Crippen molar-refractivity contribution in [3.63, 3.8) is 0 Å². The molecule has 0 aliphatic carbocycles. The van der Waals surface area contributed by atoms with E-state index in [1.165, 1.54) is 7.11 Å². The van der Waals surface area contributed by atoms with Crippen molar-refractivity contribution in [1.29, 1.82) is 0 Å². The first-order valence-corrected chi connectivity index (χ1v) is 6.98. The molecule has 1 fully saturated rings. The van der Waals surface area contributed by atoms with Crippen LogP contribution in [-0.2, 0) is 14.3 Å². The van der Waals surface area contributed by atoms with Crippen molar-refractivity contribution in [1.82, 2.24) is 4.90 Å². The van der Waals surface area contributed by atoms with Gasteiger partial charge >= 0.3 is 5.97 Å². The highest BCUT2D eigenvalue weighted by molar-refractivity contribution is 9.11. The van der Waals surface area contributed by atoms with E-state index >= 15 is 0 Å². The van der Waals surface area contributed by atoms with E-state index in [2.05, 4.69) is 20.8 Å². The maximum atomic E-state index is 11.9. The summed E-state index contributed by atoms with van der Waals surface area (Å²) < 4.78 is 11.2. The summed E-state index contributed by atoms with van der Waals surface area (Å²) in [5, 5.41) is 0. The molecule has 2 heterocycles. The van der Waals surface area contributed by atoms with Gasteiger partial charge in [-0.1, -0.05) is 0 Å². The van der Waals surface area contributed by atoms with Crippen LogP contribution in [0.2, 0.25) is 0 Å². The number of morpholine rings is 1. The number of carbonyl (C=O) groups is 1. The molecule has 0 bridgehead atoms. The molecule has 1 unspecified atom stereocenters. The normalized spacial score (nSPS) is 18.9. The van der Waals surface area contributed by atoms with Crippen molar-refractivity contribution < 1.29 is 14.3 Å². The second-order valence-corrected chi connectivity index (χ2v) is 6.21. The van der Waals surface area contributed by atoms with Gasteiger partial charge in [-0.15, -0.1) is 11.3 Å². The predicted molar refractivity (Wildman–Crippen MR) is 69.2 cm³/mol. The van der Waals surface area contributed by atoms with Gasteiger partial charge in [-0.2, -0.15) is 0 Å². The Hall–Kier alpha value is -0.430. The first kappa shape index (κ1) is 13.0. The summed E-state index contributed by atoms with van der Waals surface area (Å²) in [7, 11) is 1.43. The zero-order chi connectivity index (χ0) is 12.3. The molecule has 0 saturated carbocycles. The molecule has 4 nitrogen and oxygen atoms in total. The van der Waals surface area contributed by atoms with Crippen molar-refractivity contribution in [2.75, 3.05) is 33.4 Å². The molecule has 0 spiro atoms. The summed E-state index contributed by atoms with van der Waals surface area (Å²) in [6.07, 6.45) is 0. The van der Waals surface area contributed by atoms with E-state index in [0.29, 0.717) is 13.2 Å². The summed E-state index contributed by atoms with van der Waals surface area (Å²) in [6, 6.07) is 3.61. The molecule has 6 heteroatoms. The molecular formula is C11H14BrNO3S. The fraction of sp³-hybridized carbons (Fsp3) is 0.545. The van der Waals surface area contributed by atoms with E-state index in [0.717, 1.165) is 21.8 Å². The Morgan fingerprint density at radius 3 is 2.76 bits per heavy atom. The zero-order valence-electron chi connectivity index (χ0n) is 9.52. The lowest BCUT2D eigenvalue weighted by Gasteiger charge is -2.32. The van der Waals surface area contributed by atoms with Crippen LogP contribution in [0.25, 0.3) is 0 Å². The van der Waals surface area contributed by atoms with Gasteiger partial charge in [0.05, 0.1) is 24.1 Å². The average Bonchev–Trinajstić information content (AvgIpc) is 2.77. The molecule has 0 radical (unpaired) electrons. The third-order valence-corrected chi connectivity index (χ3v) is 4.37. The van der Waals surface area contributed by atoms with Crippen LogP contribution in [0, 0.1) is 0 Å².